The molecule has 0 aliphatic heterocycles. The summed E-state index contributed by atoms with van der Waals surface area (Å²) in [4.78, 5) is 53.2. The predicted molar refractivity (Wildman–Crippen MR) is 139 cm³/mol. The van der Waals surface area contributed by atoms with Gasteiger partial charge < -0.3 is 47.1 Å². The van der Waals surface area contributed by atoms with Crippen LogP contribution in [0.3, 0.4) is 0 Å². The van der Waals surface area contributed by atoms with Crippen LogP contribution in [0.5, 0.6) is 5.75 Å². The van der Waals surface area contributed by atoms with E-state index in [0.717, 1.165) is 10.9 Å². The van der Waals surface area contributed by atoms with E-state index in [2.05, 4.69) is 20.9 Å². The van der Waals surface area contributed by atoms with E-state index >= 15 is 0 Å². The molecule has 2 aromatic carbocycles. The van der Waals surface area contributed by atoms with Gasteiger partial charge in [0.2, 0.25) is 17.7 Å². The molecule has 13 nitrogen and oxygen atoms in total. The average molecular weight is 542 g/mol. The number of carbonyl (C=O) groups excluding carboxylic acids is 3. The van der Waals surface area contributed by atoms with Crippen molar-refractivity contribution in [1.29, 1.82) is 0 Å². The van der Waals surface area contributed by atoms with Gasteiger partial charge in [-0.2, -0.15) is 0 Å². The van der Waals surface area contributed by atoms with Gasteiger partial charge >= 0.3 is 5.97 Å². The Kier molecular flexibility index (Phi) is 9.98. The number of nitrogens with one attached hydrogen (secondary N) is 4. The van der Waals surface area contributed by atoms with Crippen molar-refractivity contribution in [3.8, 4) is 5.75 Å². The Morgan fingerprint density at radius 1 is 0.795 bits per heavy atom. The fourth-order valence-corrected chi connectivity index (χ4v) is 3.90. The van der Waals surface area contributed by atoms with Gasteiger partial charge in [-0.15, -0.1) is 0 Å². The Hall–Kier alpha value is -4.46. The maximum Gasteiger partial charge on any atom is 0.326 e. The van der Waals surface area contributed by atoms with Crippen LogP contribution in [0.4, 0.5) is 0 Å². The maximum absolute atomic E-state index is 13.2. The topological polar surface area (TPSA) is 227 Å². The molecule has 3 amide bonds. The first-order valence-electron chi connectivity index (χ1n) is 12.1. The van der Waals surface area contributed by atoms with Gasteiger partial charge in [0.05, 0.1) is 13.2 Å². The van der Waals surface area contributed by atoms with Crippen molar-refractivity contribution in [2.75, 3.05) is 13.2 Å². The molecule has 0 aliphatic carbocycles. The third-order valence-electron chi connectivity index (χ3n) is 6.07. The van der Waals surface area contributed by atoms with Gasteiger partial charge in [-0.25, -0.2) is 4.79 Å². The number of phenols is 1. The second kappa shape index (κ2) is 13.4. The summed E-state index contributed by atoms with van der Waals surface area (Å²) < 4.78 is 0. The fraction of sp³-hybridized carbons (Fsp3) is 0.308. The Labute approximate surface area is 223 Å². The number of aliphatic hydroxyl groups excluding tert-OH is 2. The Morgan fingerprint density at radius 2 is 1.41 bits per heavy atom. The minimum atomic E-state index is -1.53. The summed E-state index contributed by atoms with van der Waals surface area (Å²) in [6.07, 6.45) is 1.53. The summed E-state index contributed by atoms with van der Waals surface area (Å²) in [5.74, 6) is -3.95. The Balaban J connectivity index is 1.74. The zero-order valence-electron chi connectivity index (χ0n) is 20.8. The van der Waals surface area contributed by atoms with Gasteiger partial charge in [-0.1, -0.05) is 30.3 Å². The molecule has 3 aromatic rings. The Bertz CT molecular complexity index is 1310. The molecule has 0 saturated carbocycles. The van der Waals surface area contributed by atoms with Crippen LogP contribution in [0, 0.1) is 0 Å². The molecule has 4 atom stereocenters. The van der Waals surface area contributed by atoms with Crippen molar-refractivity contribution in [1.82, 2.24) is 20.9 Å². The lowest BCUT2D eigenvalue weighted by Gasteiger charge is -2.24. The van der Waals surface area contributed by atoms with E-state index < -0.39 is 61.1 Å². The van der Waals surface area contributed by atoms with Crippen molar-refractivity contribution in [3.05, 3.63) is 65.9 Å². The van der Waals surface area contributed by atoms with E-state index in [1.54, 1.807) is 12.3 Å². The molecule has 0 fully saturated rings. The summed E-state index contributed by atoms with van der Waals surface area (Å²) >= 11 is 0. The molecule has 1 heterocycles. The summed E-state index contributed by atoms with van der Waals surface area (Å²) in [5, 5.41) is 45.9. The monoisotopic (exact) mass is 541 g/mol. The van der Waals surface area contributed by atoms with Crippen molar-refractivity contribution in [2.24, 2.45) is 5.73 Å². The van der Waals surface area contributed by atoms with Gasteiger partial charge in [0.15, 0.2) is 0 Å². The maximum atomic E-state index is 13.2. The highest BCUT2D eigenvalue weighted by Gasteiger charge is 2.30. The number of hydrogen-bond acceptors (Lipinski definition) is 8. The molecule has 0 radical (unpaired) electrons. The van der Waals surface area contributed by atoms with Crippen LogP contribution >= 0.6 is 0 Å². The number of benzene rings is 2. The standard InChI is InChI=1S/C26H31N5O8/c27-18(12-32)23(35)29-20(10-15-11-28-19-4-2-1-3-17(15)19)24(36)31-22(13-33)25(37)30-21(26(38)39)9-14-5-7-16(34)8-6-14/h1-8,11,18,20-22,28,32-34H,9-10,12-13,27H2,(H,29,35)(H,30,37)(H,31,36)(H,38,39). The molecule has 39 heavy (non-hydrogen) atoms. The van der Waals surface area contributed by atoms with Crippen LogP contribution in [-0.2, 0) is 32.0 Å². The minimum Gasteiger partial charge on any atom is -0.508 e. The average Bonchev–Trinajstić information content (AvgIpc) is 3.33. The van der Waals surface area contributed by atoms with E-state index in [-0.39, 0.29) is 18.6 Å². The lowest BCUT2D eigenvalue weighted by Crippen LogP contribution is -2.59. The molecule has 1 aromatic heterocycles. The number of aromatic amines is 1. The number of carboxylic acid groups (broad SMARTS) is 1. The zero-order chi connectivity index (χ0) is 28.5. The zero-order valence-corrected chi connectivity index (χ0v) is 20.8. The molecule has 3 rings (SSSR count). The first kappa shape index (κ1) is 29.1. The summed E-state index contributed by atoms with van der Waals surface area (Å²) in [7, 11) is 0. The molecule has 0 saturated heterocycles. The third-order valence-corrected chi connectivity index (χ3v) is 6.07. The lowest BCUT2D eigenvalue weighted by molar-refractivity contribution is -0.142. The highest BCUT2D eigenvalue weighted by molar-refractivity contribution is 5.95. The number of H-pyrrole nitrogens is 1. The van der Waals surface area contributed by atoms with E-state index in [9.17, 15) is 39.6 Å². The number of fused-ring (bicyclic) bond motifs is 1. The van der Waals surface area contributed by atoms with E-state index in [1.807, 2.05) is 18.2 Å². The lowest BCUT2D eigenvalue weighted by atomic mass is 10.0. The van der Waals surface area contributed by atoms with Crippen LogP contribution in [0.2, 0.25) is 0 Å². The SMILES string of the molecule is NC(CO)C(=O)NC(Cc1c[nH]c2ccccc12)C(=O)NC(CO)C(=O)NC(Cc1ccc(O)cc1)C(=O)O. The fourth-order valence-electron chi connectivity index (χ4n) is 3.90. The number of hydrogen-bond donors (Lipinski definition) is 9. The molecular weight excluding hydrogens is 510 g/mol. The van der Waals surface area contributed by atoms with Crippen LogP contribution in [0.1, 0.15) is 11.1 Å². The van der Waals surface area contributed by atoms with Crippen molar-refractivity contribution >= 4 is 34.6 Å². The normalized spacial score (nSPS) is 14.1. The van der Waals surface area contributed by atoms with Crippen molar-refractivity contribution in [2.45, 2.75) is 37.0 Å². The first-order chi connectivity index (χ1) is 18.6. The highest BCUT2D eigenvalue weighted by Crippen LogP contribution is 2.19. The number of aliphatic hydroxyl groups is 2. The predicted octanol–water partition coefficient (Wildman–Crippen LogP) is -1.49. The largest absolute Gasteiger partial charge is 0.508 e. The number of amides is 3. The van der Waals surface area contributed by atoms with E-state index in [1.165, 1.54) is 24.3 Å². The van der Waals surface area contributed by atoms with Crippen LogP contribution in [0.15, 0.2) is 54.7 Å². The number of carbonyl (C=O) groups is 4. The molecule has 13 heteroatoms. The first-order valence-corrected chi connectivity index (χ1v) is 12.1. The van der Waals surface area contributed by atoms with E-state index in [4.69, 9.17) is 5.73 Å². The third kappa shape index (κ3) is 7.77. The molecule has 208 valence electrons. The molecule has 0 spiro atoms. The number of carboxylic acids is 1. The molecular formula is C26H31N5O8. The summed E-state index contributed by atoms with van der Waals surface area (Å²) in [6.45, 7) is -1.51. The summed E-state index contributed by atoms with van der Waals surface area (Å²) in [5.41, 5.74) is 7.58. The van der Waals surface area contributed by atoms with Gasteiger partial charge in [-0.3, -0.25) is 14.4 Å². The minimum absolute atomic E-state index is 0.00746. The quantitative estimate of drug-likeness (QED) is 0.123. The number of aliphatic carboxylic acids is 1. The molecule has 10 N–H and O–H groups in total. The Morgan fingerprint density at radius 3 is 2.05 bits per heavy atom. The number of aromatic hydroxyl groups is 1. The highest BCUT2D eigenvalue weighted by atomic mass is 16.4. The van der Waals surface area contributed by atoms with Crippen LogP contribution < -0.4 is 21.7 Å². The van der Waals surface area contributed by atoms with Crippen LogP contribution in [0.25, 0.3) is 10.9 Å². The molecule has 0 bridgehead atoms. The number of phenolic OH excluding ortho intramolecular Hbond substituents is 1. The number of aromatic nitrogens is 1. The van der Waals surface area contributed by atoms with Gasteiger partial charge in [0, 0.05) is 29.9 Å². The van der Waals surface area contributed by atoms with Gasteiger partial charge in [0.25, 0.3) is 0 Å². The second-order valence-corrected chi connectivity index (χ2v) is 8.93. The van der Waals surface area contributed by atoms with Crippen LogP contribution in [-0.4, -0.2) is 86.5 Å². The van der Waals surface area contributed by atoms with Gasteiger partial charge in [-0.05, 0) is 29.3 Å². The molecule has 4 unspecified atom stereocenters. The van der Waals surface area contributed by atoms with E-state index in [0.29, 0.717) is 11.1 Å². The number of rotatable bonds is 13. The summed E-state index contributed by atoms with van der Waals surface area (Å²) in [6, 6.07) is 7.55. The smallest absolute Gasteiger partial charge is 0.326 e. The van der Waals surface area contributed by atoms with Crippen molar-refractivity contribution in [3.63, 3.8) is 0 Å². The number of para-hydroxylation sites is 1. The second-order valence-electron chi connectivity index (χ2n) is 8.93. The number of nitrogens with two attached hydrogens (primary N) is 1. The van der Waals surface area contributed by atoms with Crippen molar-refractivity contribution < 1.29 is 39.6 Å². The molecule has 0 aliphatic rings. The van der Waals surface area contributed by atoms with Gasteiger partial charge in [0.1, 0.15) is 29.9 Å².